The molecule has 0 aromatic rings. The topological polar surface area (TPSA) is 61.4 Å². The van der Waals surface area contributed by atoms with Gasteiger partial charge < -0.3 is 15.5 Å². The highest BCUT2D eigenvalue weighted by atomic mass is 35.5. The Hall–Kier alpha value is -0.810. The van der Waals surface area contributed by atoms with Gasteiger partial charge in [-0.15, -0.1) is 12.4 Å². The lowest BCUT2D eigenvalue weighted by molar-refractivity contribution is -0.138. The molecule has 2 aliphatic heterocycles. The summed E-state index contributed by atoms with van der Waals surface area (Å²) in [7, 11) is 0. The molecule has 0 aromatic heterocycles. The molecule has 0 bridgehead atoms. The minimum Gasteiger partial charge on any atom is -0.354 e. The molecule has 2 N–H and O–H groups in total. The first-order valence-electron chi connectivity index (χ1n) is 12.0. The van der Waals surface area contributed by atoms with E-state index >= 15 is 0 Å². The molecular weight excluding hydrogens is 386 g/mol. The fourth-order valence-corrected chi connectivity index (χ4v) is 5.48. The van der Waals surface area contributed by atoms with Crippen LogP contribution in [0, 0.1) is 17.8 Å². The van der Waals surface area contributed by atoms with Crippen LogP contribution < -0.4 is 10.6 Å². The summed E-state index contributed by atoms with van der Waals surface area (Å²) in [6.07, 6.45) is 14.1. The van der Waals surface area contributed by atoms with Gasteiger partial charge in [-0.2, -0.15) is 0 Å². The second-order valence-electron chi connectivity index (χ2n) is 9.41. The van der Waals surface area contributed by atoms with Crippen molar-refractivity contribution >= 4 is 24.2 Å². The molecule has 0 radical (unpaired) electrons. The van der Waals surface area contributed by atoms with Crippen LogP contribution in [0.15, 0.2) is 0 Å². The maximum atomic E-state index is 13.3. The maximum absolute atomic E-state index is 13.3. The third kappa shape index (κ3) is 7.43. The SMILES string of the molecule is CCCC(CC1CCCCC1)C(=O)N1CCCC(CNC(=O)C2CCCN2)C1.Cl. The summed E-state index contributed by atoms with van der Waals surface area (Å²) in [5.74, 6) is 1.90. The summed E-state index contributed by atoms with van der Waals surface area (Å²) in [5, 5.41) is 6.40. The highest BCUT2D eigenvalue weighted by Gasteiger charge is 2.31. The van der Waals surface area contributed by atoms with Crippen molar-refractivity contribution in [1.29, 1.82) is 0 Å². The summed E-state index contributed by atoms with van der Waals surface area (Å²) < 4.78 is 0. The average molecular weight is 428 g/mol. The van der Waals surface area contributed by atoms with Crippen LogP contribution >= 0.6 is 12.4 Å². The van der Waals surface area contributed by atoms with Gasteiger partial charge in [-0.1, -0.05) is 45.4 Å². The molecule has 0 spiro atoms. The van der Waals surface area contributed by atoms with Gasteiger partial charge in [0, 0.05) is 25.6 Å². The quantitative estimate of drug-likeness (QED) is 0.617. The summed E-state index contributed by atoms with van der Waals surface area (Å²) in [6.45, 7) is 5.58. The molecule has 2 amide bonds. The Bertz CT molecular complexity index is 504. The van der Waals surface area contributed by atoms with Crippen molar-refractivity contribution in [2.24, 2.45) is 17.8 Å². The van der Waals surface area contributed by atoms with Crippen LogP contribution in [0.3, 0.4) is 0 Å². The number of likely N-dealkylation sites (tertiary alicyclic amines) is 1. The highest BCUT2D eigenvalue weighted by molar-refractivity contribution is 5.85. The van der Waals surface area contributed by atoms with Gasteiger partial charge in [0.05, 0.1) is 6.04 Å². The van der Waals surface area contributed by atoms with E-state index in [9.17, 15) is 9.59 Å². The molecule has 29 heavy (non-hydrogen) atoms. The van der Waals surface area contributed by atoms with Gasteiger partial charge in [-0.05, 0) is 56.9 Å². The van der Waals surface area contributed by atoms with Crippen LogP contribution in [0.2, 0.25) is 0 Å². The van der Waals surface area contributed by atoms with E-state index in [-0.39, 0.29) is 30.3 Å². The van der Waals surface area contributed by atoms with Crippen molar-refractivity contribution in [1.82, 2.24) is 15.5 Å². The van der Waals surface area contributed by atoms with E-state index in [0.29, 0.717) is 18.4 Å². The number of carbonyl (C=O) groups excluding carboxylic acids is 2. The first-order valence-corrected chi connectivity index (χ1v) is 12.0. The number of halogens is 1. The van der Waals surface area contributed by atoms with Crippen LogP contribution in [0.25, 0.3) is 0 Å². The molecular formula is C23H42ClN3O2. The van der Waals surface area contributed by atoms with Gasteiger partial charge in [0.15, 0.2) is 0 Å². The zero-order valence-corrected chi connectivity index (χ0v) is 19.1. The highest BCUT2D eigenvalue weighted by Crippen LogP contribution is 2.32. The Labute approximate surface area is 183 Å². The third-order valence-corrected chi connectivity index (χ3v) is 7.10. The number of nitrogens with zero attached hydrogens (tertiary/aromatic N) is 1. The maximum Gasteiger partial charge on any atom is 0.237 e. The zero-order valence-electron chi connectivity index (χ0n) is 18.3. The minimum atomic E-state index is -0.00856. The first kappa shape index (κ1) is 24.5. The zero-order chi connectivity index (χ0) is 19.8. The van der Waals surface area contributed by atoms with Gasteiger partial charge in [-0.3, -0.25) is 9.59 Å². The van der Waals surface area contributed by atoms with Crippen LogP contribution in [0.4, 0.5) is 0 Å². The van der Waals surface area contributed by atoms with E-state index in [1.807, 2.05) is 0 Å². The fraction of sp³-hybridized carbons (Fsp3) is 0.913. The van der Waals surface area contributed by atoms with Crippen molar-refractivity contribution in [3.63, 3.8) is 0 Å². The smallest absolute Gasteiger partial charge is 0.237 e. The molecule has 3 aliphatic rings. The van der Waals surface area contributed by atoms with Crippen molar-refractivity contribution in [3.8, 4) is 0 Å². The standard InChI is InChI=1S/C23H41N3O2.ClH/c1-2-8-20(15-18-9-4-3-5-10-18)23(28)26-14-7-11-19(17-26)16-25-22(27)21-12-6-13-24-21;/h18-21,24H,2-17H2,1H3,(H,25,27);1H. The molecule has 5 nitrogen and oxygen atoms in total. The van der Waals surface area contributed by atoms with E-state index in [4.69, 9.17) is 0 Å². The molecule has 1 aliphatic carbocycles. The average Bonchev–Trinajstić information content (AvgIpc) is 3.27. The Morgan fingerprint density at radius 1 is 1.03 bits per heavy atom. The summed E-state index contributed by atoms with van der Waals surface area (Å²) >= 11 is 0. The van der Waals surface area contributed by atoms with E-state index in [1.54, 1.807) is 0 Å². The Balaban J connectivity index is 0.00000300. The van der Waals surface area contributed by atoms with Crippen molar-refractivity contribution in [2.45, 2.75) is 90.0 Å². The van der Waals surface area contributed by atoms with Crippen LogP contribution in [0.5, 0.6) is 0 Å². The molecule has 168 valence electrons. The number of nitrogens with one attached hydrogen (secondary N) is 2. The van der Waals surface area contributed by atoms with Gasteiger partial charge in [0.25, 0.3) is 0 Å². The van der Waals surface area contributed by atoms with Crippen molar-refractivity contribution in [3.05, 3.63) is 0 Å². The van der Waals surface area contributed by atoms with Gasteiger partial charge in [0.2, 0.25) is 11.8 Å². The van der Waals surface area contributed by atoms with Crippen molar-refractivity contribution in [2.75, 3.05) is 26.2 Å². The number of carbonyl (C=O) groups is 2. The largest absolute Gasteiger partial charge is 0.354 e. The molecule has 3 fully saturated rings. The molecule has 3 rings (SSSR count). The molecule has 6 heteroatoms. The molecule has 3 unspecified atom stereocenters. The lowest BCUT2D eigenvalue weighted by atomic mass is 9.81. The number of hydrogen-bond donors (Lipinski definition) is 2. The van der Waals surface area contributed by atoms with Gasteiger partial charge >= 0.3 is 0 Å². The van der Waals surface area contributed by atoms with E-state index in [1.165, 1.54) is 32.1 Å². The van der Waals surface area contributed by atoms with E-state index < -0.39 is 0 Å². The van der Waals surface area contributed by atoms with Crippen LogP contribution in [-0.2, 0) is 9.59 Å². The lowest BCUT2D eigenvalue weighted by Crippen LogP contribution is -2.48. The van der Waals surface area contributed by atoms with Gasteiger partial charge in [-0.25, -0.2) is 0 Å². The predicted octanol–water partition coefficient (Wildman–Crippen LogP) is 3.90. The summed E-state index contributed by atoms with van der Waals surface area (Å²) in [5.41, 5.74) is 0. The molecule has 3 atom stereocenters. The minimum absolute atomic E-state index is 0. The number of rotatable bonds is 8. The molecule has 2 heterocycles. The number of hydrogen-bond acceptors (Lipinski definition) is 3. The Kier molecular flexibility index (Phi) is 10.8. The number of amides is 2. The second kappa shape index (κ2) is 12.8. The van der Waals surface area contributed by atoms with E-state index in [0.717, 1.165) is 70.5 Å². The lowest BCUT2D eigenvalue weighted by Gasteiger charge is -2.36. The fourth-order valence-electron chi connectivity index (χ4n) is 5.48. The predicted molar refractivity (Wildman–Crippen MR) is 120 cm³/mol. The molecule has 2 saturated heterocycles. The second-order valence-corrected chi connectivity index (χ2v) is 9.41. The van der Waals surface area contributed by atoms with Crippen molar-refractivity contribution < 1.29 is 9.59 Å². The Morgan fingerprint density at radius 3 is 2.48 bits per heavy atom. The van der Waals surface area contributed by atoms with Crippen LogP contribution in [0.1, 0.15) is 84.0 Å². The third-order valence-electron chi connectivity index (χ3n) is 7.10. The molecule has 1 saturated carbocycles. The summed E-state index contributed by atoms with van der Waals surface area (Å²) in [4.78, 5) is 27.7. The monoisotopic (exact) mass is 427 g/mol. The first-order chi connectivity index (χ1) is 13.7. The number of piperidine rings is 1. The van der Waals surface area contributed by atoms with Crippen LogP contribution in [-0.4, -0.2) is 48.9 Å². The summed E-state index contributed by atoms with van der Waals surface area (Å²) in [6, 6.07) is -0.00856. The van der Waals surface area contributed by atoms with E-state index in [2.05, 4.69) is 22.5 Å². The Morgan fingerprint density at radius 2 is 1.79 bits per heavy atom. The normalized spacial score (nSPS) is 26.6. The molecule has 0 aromatic carbocycles. The van der Waals surface area contributed by atoms with Gasteiger partial charge in [0.1, 0.15) is 0 Å².